The predicted molar refractivity (Wildman–Crippen MR) is 107 cm³/mol. The Bertz CT molecular complexity index is 809. The van der Waals surface area contributed by atoms with Crippen LogP contribution in [0.25, 0.3) is 0 Å². The molecule has 2 aromatic rings. The van der Waals surface area contributed by atoms with Crippen LogP contribution in [0.2, 0.25) is 0 Å². The number of thiophene rings is 1. The summed E-state index contributed by atoms with van der Waals surface area (Å²) >= 11 is 3.49. The Labute approximate surface area is 168 Å². The average molecular weight is 484 g/mol. The zero-order valence-corrected chi connectivity index (χ0v) is 16.8. The molecule has 2 amide bonds. The molecule has 3 rings (SSSR count). The summed E-state index contributed by atoms with van der Waals surface area (Å²) in [5.74, 6) is -1.11. The predicted octanol–water partition coefficient (Wildman–Crippen LogP) is 3.14. The van der Waals surface area contributed by atoms with Gasteiger partial charge >= 0.3 is 5.97 Å². The van der Waals surface area contributed by atoms with Crippen molar-refractivity contribution in [2.45, 2.75) is 18.9 Å². The third-order valence-electron chi connectivity index (χ3n) is 3.97. The van der Waals surface area contributed by atoms with Crippen molar-refractivity contribution < 1.29 is 19.1 Å². The van der Waals surface area contributed by atoms with Gasteiger partial charge in [0, 0.05) is 15.8 Å². The average Bonchev–Trinajstić information content (AvgIpc) is 3.30. The summed E-state index contributed by atoms with van der Waals surface area (Å²) in [6.45, 7) is 0.146. The molecule has 1 aliphatic heterocycles. The van der Waals surface area contributed by atoms with Crippen LogP contribution in [0.1, 0.15) is 22.5 Å². The molecule has 136 valence electrons. The van der Waals surface area contributed by atoms with Gasteiger partial charge in [-0.15, -0.1) is 11.3 Å². The zero-order valence-electron chi connectivity index (χ0n) is 13.8. The van der Waals surface area contributed by atoms with Gasteiger partial charge in [-0.25, -0.2) is 4.79 Å². The first-order valence-electron chi connectivity index (χ1n) is 8.11. The molecule has 1 N–H and O–H groups in total. The molecular formula is C18H17IN2O4S. The van der Waals surface area contributed by atoms with Gasteiger partial charge in [0.25, 0.3) is 11.8 Å². The van der Waals surface area contributed by atoms with Crippen molar-refractivity contribution in [3.8, 4) is 0 Å². The largest absolute Gasteiger partial charge is 0.454 e. The first-order valence-corrected chi connectivity index (χ1v) is 10.1. The van der Waals surface area contributed by atoms with Gasteiger partial charge in [-0.2, -0.15) is 0 Å². The SMILES string of the molecule is O=C(COC(=O)C1CCCN1C(=O)c1cccs1)Nc1cccc(I)c1. The van der Waals surface area contributed by atoms with Gasteiger partial charge in [0.2, 0.25) is 0 Å². The number of anilines is 1. The number of esters is 1. The minimum absolute atomic E-state index is 0.164. The number of rotatable bonds is 5. The van der Waals surface area contributed by atoms with Gasteiger partial charge in [0.15, 0.2) is 6.61 Å². The number of benzene rings is 1. The van der Waals surface area contributed by atoms with Crippen molar-refractivity contribution in [2.24, 2.45) is 0 Å². The Hall–Kier alpha value is -1.94. The summed E-state index contributed by atoms with van der Waals surface area (Å²) in [7, 11) is 0. The van der Waals surface area contributed by atoms with E-state index in [2.05, 4.69) is 27.9 Å². The molecule has 0 radical (unpaired) electrons. The highest BCUT2D eigenvalue weighted by Gasteiger charge is 2.36. The minimum atomic E-state index is -0.630. The second kappa shape index (κ2) is 8.63. The molecule has 1 saturated heterocycles. The van der Waals surface area contributed by atoms with Gasteiger partial charge in [-0.05, 0) is 65.1 Å². The number of carbonyl (C=O) groups excluding carboxylic acids is 3. The van der Waals surface area contributed by atoms with Crippen LogP contribution in [0.15, 0.2) is 41.8 Å². The van der Waals surface area contributed by atoms with E-state index in [1.165, 1.54) is 16.2 Å². The van der Waals surface area contributed by atoms with Crippen LogP contribution in [-0.2, 0) is 14.3 Å². The topological polar surface area (TPSA) is 75.7 Å². The van der Waals surface area contributed by atoms with Crippen molar-refractivity contribution in [1.29, 1.82) is 0 Å². The number of ether oxygens (including phenoxy) is 1. The van der Waals surface area contributed by atoms with E-state index in [9.17, 15) is 14.4 Å². The number of likely N-dealkylation sites (tertiary alicyclic amines) is 1. The Morgan fingerprint density at radius 3 is 2.85 bits per heavy atom. The summed E-state index contributed by atoms with van der Waals surface area (Å²) in [5.41, 5.74) is 0.647. The first-order chi connectivity index (χ1) is 12.5. The van der Waals surface area contributed by atoms with E-state index in [4.69, 9.17) is 4.74 Å². The van der Waals surface area contributed by atoms with Crippen molar-refractivity contribution in [1.82, 2.24) is 4.90 Å². The van der Waals surface area contributed by atoms with Crippen molar-refractivity contribution in [2.75, 3.05) is 18.5 Å². The third-order valence-corrected chi connectivity index (χ3v) is 5.50. The van der Waals surface area contributed by atoms with E-state index in [1.807, 2.05) is 23.6 Å². The van der Waals surface area contributed by atoms with E-state index < -0.39 is 17.9 Å². The van der Waals surface area contributed by atoms with Gasteiger partial charge in [-0.3, -0.25) is 9.59 Å². The molecule has 0 bridgehead atoms. The summed E-state index contributed by atoms with van der Waals surface area (Å²) in [6, 6.07) is 10.2. The Kier molecular flexibility index (Phi) is 6.25. The highest BCUT2D eigenvalue weighted by atomic mass is 127. The minimum Gasteiger partial charge on any atom is -0.454 e. The molecule has 0 spiro atoms. The van der Waals surface area contributed by atoms with Crippen molar-refractivity contribution in [3.63, 3.8) is 0 Å². The molecule has 1 unspecified atom stereocenters. The molecule has 1 atom stereocenters. The van der Waals surface area contributed by atoms with E-state index in [0.29, 0.717) is 23.5 Å². The van der Waals surface area contributed by atoms with E-state index in [1.54, 1.807) is 18.2 Å². The normalized spacial score (nSPS) is 16.3. The maximum atomic E-state index is 12.5. The van der Waals surface area contributed by atoms with Gasteiger partial charge < -0.3 is 15.0 Å². The molecule has 0 saturated carbocycles. The summed E-state index contributed by atoms with van der Waals surface area (Å²) in [5, 5.41) is 4.51. The Morgan fingerprint density at radius 2 is 2.12 bits per heavy atom. The lowest BCUT2D eigenvalue weighted by atomic mass is 10.2. The molecule has 26 heavy (non-hydrogen) atoms. The zero-order chi connectivity index (χ0) is 18.5. The molecule has 2 heterocycles. The van der Waals surface area contributed by atoms with Crippen LogP contribution < -0.4 is 5.32 Å². The lowest BCUT2D eigenvalue weighted by Gasteiger charge is -2.22. The fourth-order valence-corrected chi connectivity index (χ4v) is 4.01. The van der Waals surface area contributed by atoms with Crippen LogP contribution in [0.5, 0.6) is 0 Å². The summed E-state index contributed by atoms with van der Waals surface area (Å²) < 4.78 is 6.14. The molecule has 6 nitrogen and oxygen atoms in total. The lowest BCUT2D eigenvalue weighted by molar-refractivity contribution is -0.151. The smallest absolute Gasteiger partial charge is 0.329 e. The number of carbonyl (C=O) groups is 3. The number of halogens is 1. The fourth-order valence-electron chi connectivity index (χ4n) is 2.79. The second-order valence-electron chi connectivity index (χ2n) is 5.80. The van der Waals surface area contributed by atoms with Gasteiger partial charge in [0.05, 0.1) is 4.88 Å². The maximum Gasteiger partial charge on any atom is 0.329 e. The van der Waals surface area contributed by atoms with Crippen LogP contribution in [0, 0.1) is 3.57 Å². The van der Waals surface area contributed by atoms with E-state index in [-0.39, 0.29) is 12.5 Å². The number of hydrogen-bond acceptors (Lipinski definition) is 5. The molecule has 1 aromatic heterocycles. The molecule has 1 aromatic carbocycles. The monoisotopic (exact) mass is 484 g/mol. The second-order valence-corrected chi connectivity index (χ2v) is 7.99. The molecule has 0 aliphatic carbocycles. The van der Waals surface area contributed by atoms with E-state index >= 15 is 0 Å². The van der Waals surface area contributed by atoms with Crippen molar-refractivity contribution in [3.05, 3.63) is 50.2 Å². The standard InChI is InChI=1S/C18H17IN2O4S/c19-12-4-1-5-13(10-12)20-16(22)11-25-18(24)14-6-2-8-21(14)17(23)15-7-3-9-26-15/h1,3-5,7,9-10,14H,2,6,8,11H2,(H,20,22). The number of amides is 2. The molecular weight excluding hydrogens is 467 g/mol. The third kappa shape index (κ3) is 4.61. The lowest BCUT2D eigenvalue weighted by Crippen LogP contribution is -2.41. The fraction of sp³-hybridized carbons (Fsp3) is 0.278. The quantitative estimate of drug-likeness (QED) is 0.523. The Morgan fingerprint density at radius 1 is 1.27 bits per heavy atom. The Balaban J connectivity index is 1.54. The highest BCUT2D eigenvalue weighted by Crippen LogP contribution is 2.23. The number of nitrogens with zero attached hydrogens (tertiary/aromatic N) is 1. The summed E-state index contributed by atoms with van der Waals surface area (Å²) in [4.78, 5) is 38.9. The molecule has 1 aliphatic rings. The molecule has 8 heteroatoms. The number of hydrogen-bond donors (Lipinski definition) is 1. The van der Waals surface area contributed by atoms with Crippen LogP contribution in [0.4, 0.5) is 5.69 Å². The van der Waals surface area contributed by atoms with Crippen LogP contribution in [0.3, 0.4) is 0 Å². The maximum absolute atomic E-state index is 12.5. The first kappa shape index (κ1) is 18.8. The van der Waals surface area contributed by atoms with E-state index in [0.717, 1.165) is 9.99 Å². The van der Waals surface area contributed by atoms with Gasteiger partial charge in [-0.1, -0.05) is 12.1 Å². The highest BCUT2D eigenvalue weighted by molar-refractivity contribution is 14.1. The van der Waals surface area contributed by atoms with Crippen LogP contribution >= 0.6 is 33.9 Å². The van der Waals surface area contributed by atoms with Gasteiger partial charge in [0.1, 0.15) is 6.04 Å². The molecule has 1 fully saturated rings. The summed E-state index contributed by atoms with van der Waals surface area (Å²) in [6.07, 6.45) is 1.29. The van der Waals surface area contributed by atoms with Crippen LogP contribution in [-0.4, -0.2) is 41.9 Å². The number of nitrogens with one attached hydrogen (secondary N) is 1. The van der Waals surface area contributed by atoms with Crippen molar-refractivity contribution >= 4 is 57.4 Å².